The molecular formula is C11H19NO. The van der Waals surface area contributed by atoms with Crippen molar-refractivity contribution in [1.82, 2.24) is 0 Å². The standard InChI is InChI=1S/C11H19NO/c1-8(2)9(3)11-5-4-10(13-11)6-7-12/h8-11H,4-6H2,1-3H3. The Morgan fingerprint density at radius 3 is 2.62 bits per heavy atom. The SMILES string of the molecule is CC(C)C(C)C1CCC(CC#N)O1. The highest BCUT2D eigenvalue weighted by Gasteiger charge is 2.30. The summed E-state index contributed by atoms with van der Waals surface area (Å²) in [6.07, 6.45) is 3.34. The van der Waals surface area contributed by atoms with Crippen molar-refractivity contribution in [2.24, 2.45) is 11.8 Å². The first-order valence-electron chi connectivity index (χ1n) is 5.17. The zero-order valence-corrected chi connectivity index (χ0v) is 8.79. The van der Waals surface area contributed by atoms with Gasteiger partial charge in [0, 0.05) is 0 Å². The third kappa shape index (κ3) is 2.70. The molecule has 1 fully saturated rings. The first-order valence-corrected chi connectivity index (χ1v) is 5.17. The van der Waals surface area contributed by atoms with E-state index in [0.717, 1.165) is 12.8 Å². The highest BCUT2D eigenvalue weighted by Crippen LogP contribution is 2.30. The average Bonchev–Trinajstić information content (AvgIpc) is 2.52. The van der Waals surface area contributed by atoms with Gasteiger partial charge >= 0.3 is 0 Å². The van der Waals surface area contributed by atoms with Crippen LogP contribution in [-0.2, 0) is 4.74 Å². The number of hydrogen-bond acceptors (Lipinski definition) is 2. The lowest BCUT2D eigenvalue weighted by molar-refractivity contribution is 0.00563. The first-order chi connectivity index (χ1) is 6.15. The number of ether oxygens (including phenoxy) is 1. The van der Waals surface area contributed by atoms with Gasteiger partial charge in [-0.05, 0) is 24.7 Å². The van der Waals surface area contributed by atoms with Crippen LogP contribution in [0.4, 0.5) is 0 Å². The van der Waals surface area contributed by atoms with E-state index in [-0.39, 0.29) is 6.10 Å². The summed E-state index contributed by atoms with van der Waals surface area (Å²) in [6, 6.07) is 2.17. The molecule has 1 heterocycles. The second-order valence-electron chi connectivity index (χ2n) is 4.34. The minimum Gasteiger partial charge on any atom is -0.374 e. The Kier molecular flexibility index (Phi) is 3.74. The normalized spacial score (nSPS) is 30.4. The molecule has 0 aromatic heterocycles. The molecule has 13 heavy (non-hydrogen) atoms. The van der Waals surface area contributed by atoms with Crippen LogP contribution < -0.4 is 0 Å². The Morgan fingerprint density at radius 1 is 1.38 bits per heavy atom. The maximum absolute atomic E-state index is 8.53. The van der Waals surface area contributed by atoms with Gasteiger partial charge in [-0.2, -0.15) is 5.26 Å². The molecule has 1 aliphatic heterocycles. The van der Waals surface area contributed by atoms with Crippen molar-refractivity contribution in [2.45, 2.75) is 52.2 Å². The predicted molar refractivity (Wildman–Crippen MR) is 52.1 cm³/mol. The molecule has 1 saturated heterocycles. The summed E-state index contributed by atoms with van der Waals surface area (Å²) in [5.41, 5.74) is 0. The van der Waals surface area contributed by atoms with Crippen LogP contribution in [0.15, 0.2) is 0 Å². The largest absolute Gasteiger partial charge is 0.374 e. The summed E-state index contributed by atoms with van der Waals surface area (Å²) in [7, 11) is 0. The Labute approximate surface area is 80.9 Å². The van der Waals surface area contributed by atoms with Crippen molar-refractivity contribution in [3.8, 4) is 6.07 Å². The lowest BCUT2D eigenvalue weighted by atomic mass is 9.91. The van der Waals surface area contributed by atoms with E-state index in [9.17, 15) is 0 Å². The van der Waals surface area contributed by atoms with E-state index in [4.69, 9.17) is 10.00 Å². The van der Waals surface area contributed by atoms with Gasteiger partial charge in [-0.1, -0.05) is 20.8 Å². The Morgan fingerprint density at radius 2 is 2.08 bits per heavy atom. The van der Waals surface area contributed by atoms with Crippen LogP contribution in [0.25, 0.3) is 0 Å². The van der Waals surface area contributed by atoms with E-state index >= 15 is 0 Å². The average molecular weight is 181 g/mol. The lowest BCUT2D eigenvalue weighted by Crippen LogP contribution is -2.22. The second-order valence-corrected chi connectivity index (χ2v) is 4.34. The van der Waals surface area contributed by atoms with Gasteiger partial charge in [0.15, 0.2) is 0 Å². The topological polar surface area (TPSA) is 33.0 Å². The molecule has 0 amide bonds. The smallest absolute Gasteiger partial charge is 0.0709 e. The molecule has 0 radical (unpaired) electrons. The van der Waals surface area contributed by atoms with Crippen molar-refractivity contribution in [3.05, 3.63) is 0 Å². The summed E-state index contributed by atoms with van der Waals surface area (Å²) in [5.74, 6) is 1.29. The van der Waals surface area contributed by atoms with Crippen LogP contribution in [0.1, 0.15) is 40.0 Å². The van der Waals surface area contributed by atoms with E-state index in [1.807, 2.05) is 0 Å². The van der Waals surface area contributed by atoms with E-state index in [1.165, 1.54) is 0 Å². The fraction of sp³-hybridized carbons (Fsp3) is 0.909. The highest BCUT2D eigenvalue weighted by molar-refractivity contribution is 4.84. The Balaban J connectivity index is 2.37. The quantitative estimate of drug-likeness (QED) is 0.670. The minimum atomic E-state index is 0.205. The third-order valence-electron chi connectivity index (χ3n) is 3.10. The molecule has 0 bridgehead atoms. The van der Waals surface area contributed by atoms with Crippen molar-refractivity contribution in [3.63, 3.8) is 0 Å². The van der Waals surface area contributed by atoms with Crippen LogP contribution in [-0.4, -0.2) is 12.2 Å². The maximum atomic E-state index is 8.53. The fourth-order valence-corrected chi connectivity index (χ4v) is 1.80. The van der Waals surface area contributed by atoms with Crippen LogP contribution in [0.3, 0.4) is 0 Å². The summed E-state index contributed by atoms with van der Waals surface area (Å²) >= 11 is 0. The van der Waals surface area contributed by atoms with Gasteiger partial charge in [-0.15, -0.1) is 0 Å². The van der Waals surface area contributed by atoms with Gasteiger partial charge in [0.25, 0.3) is 0 Å². The molecule has 74 valence electrons. The van der Waals surface area contributed by atoms with Crippen LogP contribution in [0.5, 0.6) is 0 Å². The Hall–Kier alpha value is -0.550. The first kappa shape index (κ1) is 10.5. The third-order valence-corrected chi connectivity index (χ3v) is 3.10. The van der Waals surface area contributed by atoms with E-state index < -0.39 is 0 Å². The number of rotatable bonds is 3. The van der Waals surface area contributed by atoms with Crippen molar-refractivity contribution < 1.29 is 4.74 Å². The molecule has 3 atom stereocenters. The fourth-order valence-electron chi connectivity index (χ4n) is 1.80. The van der Waals surface area contributed by atoms with Gasteiger partial charge in [-0.3, -0.25) is 0 Å². The summed E-state index contributed by atoms with van der Waals surface area (Å²) < 4.78 is 5.80. The zero-order chi connectivity index (χ0) is 9.84. The van der Waals surface area contributed by atoms with Crippen molar-refractivity contribution in [1.29, 1.82) is 5.26 Å². The number of nitriles is 1. The van der Waals surface area contributed by atoms with Gasteiger partial charge in [0.1, 0.15) is 0 Å². The molecule has 0 spiro atoms. The number of nitrogens with zero attached hydrogens (tertiary/aromatic N) is 1. The maximum Gasteiger partial charge on any atom is 0.0709 e. The second kappa shape index (κ2) is 4.62. The molecule has 0 saturated carbocycles. The molecule has 2 nitrogen and oxygen atoms in total. The molecule has 0 N–H and O–H groups in total. The van der Waals surface area contributed by atoms with Crippen LogP contribution in [0.2, 0.25) is 0 Å². The lowest BCUT2D eigenvalue weighted by Gasteiger charge is -2.22. The molecular weight excluding hydrogens is 162 g/mol. The summed E-state index contributed by atoms with van der Waals surface area (Å²) in [4.78, 5) is 0. The number of hydrogen-bond donors (Lipinski definition) is 0. The van der Waals surface area contributed by atoms with Gasteiger partial charge in [0.2, 0.25) is 0 Å². The molecule has 1 aliphatic rings. The highest BCUT2D eigenvalue weighted by atomic mass is 16.5. The molecule has 0 aromatic rings. The molecule has 3 unspecified atom stereocenters. The van der Waals surface area contributed by atoms with Gasteiger partial charge < -0.3 is 4.74 Å². The van der Waals surface area contributed by atoms with Gasteiger partial charge in [0.05, 0.1) is 24.7 Å². The van der Waals surface area contributed by atoms with E-state index in [0.29, 0.717) is 24.4 Å². The van der Waals surface area contributed by atoms with Crippen molar-refractivity contribution >= 4 is 0 Å². The summed E-state index contributed by atoms with van der Waals surface area (Å²) in [6.45, 7) is 6.70. The van der Waals surface area contributed by atoms with Crippen LogP contribution >= 0.6 is 0 Å². The minimum absolute atomic E-state index is 0.205. The predicted octanol–water partition coefficient (Wildman–Crippen LogP) is 2.74. The Bertz CT molecular complexity index is 195. The summed E-state index contributed by atoms with van der Waals surface area (Å²) in [5, 5.41) is 8.53. The monoisotopic (exact) mass is 181 g/mol. The van der Waals surface area contributed by atoms with Crippen molar-refractivity contribution in [2.75, 3.05) is 0 Å². The molecule has 0 aromatic carbocycles. The van der Waals surface area contributed by atoms with E-state index in [2.05, 4.69) is 26.8 Å². The molecule has 0 aliphatic carbocycles. The molecule has 2 heteroatoms. The van der Waals surface area contributed by atoms with Gasteiger partial charge in [-0.25, -0.2) is 0 Å². The molecule has 1 rings (SSSR count). The van der Waals surface area contributed by atoms with Crippen LogP contribution in [0, 0.1) is 23.2 Å². The zero-order valence-electron chi connectivity index (χ0n) is 8.79. The van der Waals surface area contributed by atoms with E-state index in [1.54, 1.807) is 0 Å².